The minimum atomic E-state index is -0.180. The molecule has 3 nitrogen and oxygen atoms in total. The third-order valence-corrected chi connectivity index (χ3v) is 2.63. The van der Waals surface area contributed by atoms with Crippen molar-refractivity contribution in [2.24, 2.45) is 0 Å². The molecule has 0 N–H and O–H groups in total. The molecular weight excluding hydrogens is 168 g/mol. The van der Waals surface area contributed by atoms with Crippen molar-refractivity contribution >= 4 is 23.3 Å². The van der Waals surface area contributed by atoms with Gasteiger partial charge in [0.25, 0.3) is 5.91 Å². The molecule has 1 aliphatic heterocycles. The highest BCUT2D eigenvalue weighted by molar-refractivity contribution is 8.00. The Bertz CT molecular complexity index is 153. The van der Waals surface area contributed by atoms with Crippen LogP contribution in [0.3, 0.4) is 0 Å². The van der Waals surface area contributed by atoms with Crippen LogP contribution in [0.15, 0.2) is 0 Å². The molecule has 10 heavy (non-hydrogen) atoms. The minimum Gasteiger partial charge on any atom is -0.343 e. The first-order valence-corrected chi connectivity index (χ1v) is 5.78. The molecule has 58 valence electrons. The van der Waals surface area contributed by atoms with Gasteiger partial charge < -0.3 is 9.42 Å². The Labute approximate surface area is 64.5 Å². The van der Waals surface area contributed by atoms with Gasteiger partial charge in [-0.3, -0.25) is 4.79 Å². The van der Waals surface area contributed by atoms with Crippen LogP contribution < -0.4 is 0 Å². The van der Waals surface area contributed by atoms with E-state index in [4.69, 9.17) is 4.52 Å². The lowest BCUT2D eigenvalue weighted by molar-refractivity contribution is -0.157. The van der Waals surface area contributed by atoms with E-state index in [1.165, 1.54) is 0 Å². The Morgan fingerprint density at radius 1 is 1.80 bits per heavy atom. The maximum atomic E-state index is 11.0. The summed E-state index contributed by atoms with van der Waals surface area (Å²) in [6.07, 6.45) is -0.180. The Morgan fingerprint density at radius 3 is 2.80 bits per heavy atom. The first-order valence-electron chi connectivity index (χ1n) is 3.06. The van der Waals surface area contributed by atoms with E-state index in [1.807, 2.05) is 6.92 Å². The lowest BCUT2D eigenvalue weighted by Crippen LogP contribution is -2.61. The molecule has 4 atom stereocenters. The van der Waals surface area contributed by atoms with Crippen molar-refractivity contribution < 1.29 is 9.32 Å². The van der Waals surface area contributed by atoms with Crippen molar-refractivity contribution in [1.82, 2.24) is 4.90 Å². The fourth-order valence-electron chi connectivity index (χ4n) is 0.951. The summed E-state index contributed by atoms with van der Waals surface area (Å²) in [5.74, 6) is 0.0995. The second kappa shape index (κ2) is 3.13. The van der Waals surface area contributed by atoms with Crippen LogP contribution in [0.1, 0.15) is 6.92 Å². The quantitative estimate of drug-likeness (QED) is 0.459. The van der Waals surface area contributed by atoms with E-state index in [-0.39, 0.29) is 18.1 Å². The smallest absolute Gasteiger partial charge is 0.254 e. The third kappa shape index (κ3) is 1.18. The number of carbonyl (C=O) groups is 1. The van der Waals surface area contributed by atoms with E-state index in [2.05, 4.69) is 8.93 Å². The van der Waals surface area contributed by atoms with Crippen molar-refractivity contribution in [1.29, 1.82) is 0 Å². The number of β-lactam (4-membered cyclic amide) rings is 1. The van der Waals surface area contributed by atoms with Crippen LogP contribution in [0.5, 0.6) is 0 Å². The zero-order valence-corrected chi connectivity index (χ0v) is 8.15. The highest BCUT2D eigenvalue weighted by atomic mass is 32.0. The predicted molar refractivity (Wildman–Crippen MR) is 45.1 cm³/mol. The SMILES string of the molecule is CC1C(OPP)C(=O)N1C. The van der Waals surface area contributed by atoms with Gasteiger partial charge in [-0.15, -0.1) is 0 Å². The summed E-state index contributed by atoms with van der Waals surface area (Å²) in [4.78, 5) is 12.6. The lowest BCUT2D eigenvalue weighted by Gasteiger charge is -2.41. The summed E-state index contributed by atoms with van der Waals surface area (Å²) in [6.45, 7) is 1.98. The molecule has 1 amide bonds. The molecule has 0 bridgehead atoms. The summed E-state index contributed by atoms with van der Waals surface area (Å²) in [5.41, 5.74) is 0. The maximum absolute atomic E-state index is 11.0. The molecule has 5 heteroatoms. The number of nitrogens with zero attached hydrogens (tertiary/aromatic N) is 1. The highest BCUT2D eigenvalue weighted by Gasteiger charge is 2.42. The predicted octanol–water partition coefficient (Wildman–Crippen LogP) is 0.616. The van der Waals surface area contributed by atoms with Gasteiger partial charge in [0.1, 0.15) is 0 Å². The van der Waals surface area contributed by atoms with Gasteiger partial charge >= 0.3 is 0 Å². The lowest BCUT2D eigenvalue weighted by atomic mass is 10.0. The minimum absolute atomic E-state index is 0.0995. The molecule has 0 aromatic rings. The Kier molecular flexibility index (Phi) is 2.62. The largest absolute Gasteiger partial charge is 0.343 e. The van der Waals surface area contributed by atoms with E-state index >= 15 is 0 Å². The monoisotopic (exact) mass is 179 g/mol. The average Bonchev–Trinajstić information content (AvgIpc) is 1.98. The van der Waals surface area contributed by atoms with Crippen LogP contribution in [0, 0.1) is 0 Å². The number of rotatable bonds is 2. The van der Waals surface area contributed by atoms with E-state index in [1.54, 1.807) is 11.9 Å². The van der Waals surface area contributed by atoms with Crippen molar-refractivity contribution in [2.75, 3.05) is 7.05 Å². The second-order valence-corrected chi connectivity index (χ2v) is 3.52. The highest BCUT2D eigenvalue weighted by Crippen LogP contribution is 2.31. The topological polar surface area (TPSA) is 29.5 Å². The number of hydrogen-bond donors (Lipinski definition) is 0. The molecule has 0 saturated carbocycles. The van der Waals surface area contributed by atoms with Gasteiger partial charge in [0, 0.05) is 15.5 Å². The van der Waals surface area contributed by atoms with Crippen molar-refractivity contribution in [2.45, 2.75) is 19.1 Å². The van der Waals surface area contributed by atoms with Crippen LogP contribution in [-0.2, 0) is 9.32 Å². The van der Waals surface area contributed by atoms with Gasteiger partial charge in [-0.2, -0.15) is 0 Å². The fourth-order valence-corrected chi connectivity index (χ4v) is 1.84. The molecule has 0 aromatic heterocycles. The van der Waals surface area contributed by atoms with Crippen LogP contribution in [0.2, 0.25) is 0 Å². The Hall–Kier alpha value is 0.290. The van der Waals surface area contributed by atoms with E-state index in [9.17, 15) is 4.79 Å². The second-order valence-electron chi connectivity index (χ2n) is 2.35. The summed E-state index contributed by atoms with van der Waals surface area (Å²) < 4.78 is 5.17. The maximum Gasteiger partial charge on any atom is 0.254 e. The van der Waals surface area contributed by atoms with E-state index in [0.29, 0.717) is 8.50 Å². The van der Waals surface area contributed by atoms with E-state index in [0.717, 1.165) is 0 Å². The molecule has 1 saturated heterocycles. The van der Waals surface area contributed by atoms with Crippen LogP contribution in [-0.4, -0.2) is 30.0 Å². The van der Waals surface area contributed by atoms with Crippen molar-refractivity contribution in [3.05, 3.63) is 0 Å². The van der Waals surface area contributed by atoms with Gasteiger partial charge in [-0.25, -0.2) is 0 Å². The molecule has 0 aromatic carbocycles. The van der Waals surface area contributed by atoms with Gasteiger partial charge in [-0.1, -0.05) is 8.93 Å². The Morgan fingerprint density at radius 2 is 2.40 bits per heavy atom. The van der Waals surface area contributed by atoms with Crippen molar-refractivity contribution in [3.63, 3.8) is 0 Å². The van der Waals surface area contributed by atoms with Gasteiger partial charge in [0.05, 0.1) is 6.04 Å². The number of amides is 1. The summed E-state index contributed by atoms with van der Waals surface area (Å²) in [6, 6.07) is 0.251. The summed E-state index contributed by atoms with van der Waals surface area (Å²) in [5, 5.41) is 0. The number of hydrogen-bond acceptors (Lipinski definition) is 2. The molecule has 0 radical (unpaired) electrons. The van der Waals surface area contributed by atoms with Crippen LogP contribution >= 0.6 is 17.4 Å². The first-order chi connectivity index (χ1) is 4.68. The molecular formula is C5H11NO2P2. The van der Waals surface area contributed by atoms with Gasteiger partial charge in [0.15, 0.2) is 6.10 Å². The molecule has 1 rings (SSSR count). The zero-order chi connectivity index (χ0) is 7.72. The Balaban J connectivity index is 2.42. The van der Waals surface area contributed by atoms with Gasteiger partial charge in [-0.05, 0) is 6.92 Å². The average molecular weight is 179 g/mol. The van der Waals surface area contributed by atoms with Gasteiger partial charge in [0.2, 0.25) is 0 Å². The molecule has 0 spiro atoms. The summed E-state index contributed by atoms with van der Waals surface area (Å²) >= 11 is 0. The normalized spacial score (nSPS) is 33.5. The van der Waals surface area contributed by atoms with Crippen molar-refractivity contribution in [3.8, 4) is 0 Å². The molecule has 1 heterocycles. The molecule has 0 aliphatic carbocycles. The standard InChI is InChI=1S/C5H11NO2P2/c1-3-4(8-10-9)5(7)6(3)2/h3-4,10H,9H2,1-2H3. The number of likely N-dealkylation sites (N-methyl/N-ethyl adjacent to an activating group) is 1. The van der Waals surface area contributed by atoms with Crippen LogP contribution in [0.25, 0.3) is 0 Å². The fraction of sp³-hybridized carbons (Fsp3) is 0.800. The third-order valence-electron chi connectivity index (χ3n) is 1.84. The molecule has 1 fully saturated rings. The first kappa shape index (κ1) is 8.39. The van der Waals surface area contributed by atoms with E-state index < -0.39 is 0 Å². The zero-order valence-electron chi connectivity index (χ0n) is 6.00. The summed E-state index contributed by atoms with van der Waals surface area (Å²) in [7, 11) is 4.58. The molecule has 1 aliphatic rings. The molecule has 4 unspecified atom stereocenters. The number of carbonyl (C=O) groups excluding carboxylic acids is 1. The number of likely N-dealkylation sites (tertiary alicyclic amines) is 1. The van der Waals surface area contributed by atoms with Crippen LogP contribution in [0.4, 0.5) is 0 Å².